The maximum atomic E-state index is 11.9. The van der Waals surface area contributed by atoms with Gasteiger partial charge in [0.1, 0.15) is 0 Å². The number of Topliss-reactive ketones (excluding diaryl/α,β-unsaturated/α-hetero) is 1. The van der Waals surface area contributed by atoms with Gasteiger partial charge in [-0.1, -0.05) is 26.7 Å². The Hall–Kier alpha value is 0.330. The van der Waals surface area contributed by atoms with Crippen LogP contribution in [0.3, 0.4) is 0 Å². The van der Waals surface area contributed by atoms with E-state index in [0.717, 1.165) is 26.0 Å². The summed E-state index contributed by atoms with van der Waals surface area (Å²) in [7, 11) is 0. The van der Waals surface area contributed by atoms with Crippen molar-refractivity contribution < 1.29 is 4.79 Å². The number of ketones is 1. The molecule has 0 N–H and O–H groups in total. The summed E-state index contributed by atoms with van der Waals surface area (Å²) >= 11 is 8.31. The smallest absolute Gasteiger partial charge is 0.173 e. The van der Waals surface area contributed by atoms with E-state index in [0.29, 0.717) is 12.3 Å². The lowest BCUT2D eigenvalue weighted by atomic mass is 9.96. The van der Waals surface area contributed by atoms with Gasteiger partial charge in [-0.2, -0.15) is 0 Å². The van der Waals surface area contributed by atoms with Gasteiger partial charge < -0.3 is 0 Å². The third-order valence-corrected chi connectivity index (χ3v) is 5.85. The van der Waals surface area contributed by atoms with Crippen LogP contribution in [0.5, 0.6) is 0 Å². The third-order valence-electron chi connectivity index (χ3n) is 2.55. The summed E-state index contributed by atoms with van der Waals surface area (Å²) in [5.41, 5.74) is 0. The average Bonchev–Trinajstić information content (AvgIpc) is 2.55. The van der Waals surface area contributed by atoms with Crippen LogP contribution < -0.4 is 0 Å². The van der Waals surface area contributed by atoms with E-state index in [1.165, 1.54) is 11.3 Å². The molecular weight excluding hydrogens is 340 g/mol. The van der Waals surface area contributed by atoms with E-state index in [4.69, 9.17) is 0 Å². The molecule has 0 aliphatic rings. The highest BCUT2D eigenvalue weighted by atomic mass is 79.9. The van der Waals surface area contributed by atoms with Crippen LogP contribution >= 0.6 is 43.2 Å². The maximum Gasteiger partial charge on any atom is 0.173 e. The molecule has 1 nitrogen and oxygen atoms in total. The highest BCUT2D eigenvalue weighted by molar-refractivity contribution is 9.13. The Balaban J connectivity index is 2.68. The summed E-state index contributed by atoms with van der Waals surface area (Å²) in [6, 6.07) is 1.90. The van der Waals surface area contributed by atoms with E-state index >= 15 is 0 Å². The fraction of sp³-hybridized carbons (Fsp3) is 0.545. The normalized spacial score (nSPS) is 11.0. The molecule has 4 heteroatoms. The van der Waals surface area contributed by atoms with Crippen LogP contribution in [0.2, 0.25) is 0 Å². The predicted octanol–water partition coefficient (Wildman–Crippen LogP) is 5.28. The molecule has 1 rings (SSSR count). The predicted molar refractivity (Wildman–Crippen MR) is 72.7 cm³/mol. The van der Waals surface area contributed by atoms with E-state index in [1.807, 2.05) is 6.07 Å². The molecule has 15 heavy (non-hydrogen) atoms. The van der Waals surface area contributed by atoms with E-state index < -0.39 is 0 Å². The SMILES string of the molecule is CCC(CC)CC(=O)c1cc(Br)c(Br)s1. The van der Waals surface area contributed by atoms with E-state index in [9.17, 15) is 4.79 Å². The highest BCUT2D eigenvalue weighted by Gasteiger charge is 2.15. The van der Waals surface area contributed by atoms with Crippen LogP contribution in [0.1, 0.15) is 42.8 Å². The molecule has 0 atom stereocenters. The molecule has 0 saturated heterocycles. The summed E-state index contributed by atoms with van der Waals surface area (Å²) in [5, 5.41) is 0. The fourth-order valence-corrected chi connectivity index (χ4v) is 3.41. The first-order chi connectivity index (χ1) is 7.08. The van der Waals surface area contributed by atoms with Crippen LogP contribution in [0.25, 0.3) is 0 Å². The zero-order valence-corrected chi connectivity index (χ0v) is 12.8. The van der Waals surface area contributed by atoms with Crippen molar-refractivity contribution in [1.29, 1.82) is 0 Å². The monoisotopic (exact) mass is 352 g/mol. The fourth-order valence-electron chi connectivity index (χ4n) is 1.42. The lowest BCUT2D eigenvalue weighted by Crippen LogP contribution is -2.05. The minimum atomic E-state index is 0.264. The summed E-state index contributed by atoms with van der Waals surface area (Å²) in [6.07, 6.45) is 2.83. The molecule has 1 aromatic rings. The van der Waals surface area contributed by atoms with Crippen molar-refractivity contribution >= 4 is 49.0 Å². The molecule has 0 aromatic carbocycles. The van der Waals surface area contributed by atoms with Crippen LogP contribution in [-0.2, 0) is 0 Å². The zero-order valence-electron chi connectivity index (χ0n) is 8.85. The average molecular weight is 354 g/mol. The summed E-state index contributed by atoms with van der Waals surface area (Å²) in [6.45, 7) is 4.28. The lowest BCUT2D eigenvalue weighted by molar-refractivity contribution is 0.0962. The van der Waals surface area contributed by atoms with Crippen LogP contribution in [0.4, 0.5) is 0 Å². The van der Waals surface area contributed by atoms with Gasteiger partial charge in [0, 0.05) is 10.9 Å². The van der Waals surface area contributed by atoms with Crippen molar-refractivity contribution in [3.63, 3.8) is 0 Å². The van der Waals surface area contributed by atoms with E-state index in [2.05, 4.69) is 45.7 Å². The minimum Gasteiger partial charge on any atom is -0.293 e. The molecule has 0 aliphatic heterocycles. The van der Waals surface area contributed by atoms with Crippen molar-refractivity contribution in [2.24, 2.45) is 5.92 Å². The summed E-state index contributed by atoms with van der Waals surface area (Å²) in [5.74, 6) is 0.789. The second-order valence-corrected chi connectivity index (χ2v) is 6.77. The second kappa shape index (κ2) is 6.16. The van der Waals surface area contributed by atoms with Gasteiger partial charge in [0.05, 0.1) is 8.66 Å². The van der Waals surface area contributed by atoms with Crippen molar-refractivity contribution in [2.75, 3.05) is 0 Å². The topological polar surface area (TPSA) is 17.1 Å². The van der Waals surface area contributed by atoms with Gasteiger partial charge in [-0.3, -0.25) is 4.79 Å². The Kier molecular flexibility index (Phi) is 5.50. The van der Waals surface area contributed by atoms with Crippen LogP contribution in [0, 0.1) is 5.92 Å². The first-order valence-corrected chi connectivity index (χ1v) is 7.46. The van der Waals surface area contributed by atoms with Crippen molar-refractivity contribution in [1.82, 2.24) is 0 Å². The molecule has 0 saturated carbocycles. The Morgan fingerprint density at radius 3 is 2.40 bits per heavy atom. The van der Waals surface area contributed by atoms with Gasteiger partial charge >= 0.3 is 0 Å². The van der Waals surface area contributed by atoms with Crippen LogP contribution in [-0.4, -0.2) is 5.78 Å². The molecule has 0 spiro atoms. The van der Waals surface area contributed by atoms with Gasteiger partial charge in [-0.25, -0.2) is 0 Å². The number of carbonyl (C=O) groups is 1. The van der Waals surface area contributed by atoms with E-state index in [-0.39, 0.29) is 5.78 Å². The first kappa shape index (κ1) is 13.4. The van der Waals surface area contributed by atoms with Gasteiger partial charge in [0.15, 0.2) is 5.78 Å². The van der Waals surface area contributed by atoms with Crippen LogP contribution in [0.15, 0.2) is 14.3 Å². The summed E-state index contributed by atoms with van der Waals surface area (Å²) in [4.78, 5) is 12.8. The molecule has 0 amide bonds. The zero-order chi connectivity index (χ0) is 11.4. The third kappa shape index (κ3) is 3.68. The maximum absolute atomic E-state index is 11.9. The molecule has 0 fully saturated rings. The highest BCUT2D eigenvalue weighted by Crippen LogP contribution is 2.33. The Morgan fingerprint density at radius 2 is 2.00 bits per heavy atom. The van der Waals surface area contributed by atoms with Crippen molar-refractivity contribution in [2.45, 2.75) is 33.1 Å². The Labute approximate surface area is 112 Å². The van der Waals surface area contributed by atoms with Gasteiger partial charge in [-0.15, -0.1) is 11.3 Å². The number of carbonyl (C=O) groups excluding carboxylic acids is 1. The van der Waals surface area contributed by atoms with Crippen molar-refractivity contribution in [3.05, 3.63) is 19.2 Å². The number of halogens is 2. The molecule has 84 valence electrons. The lowest BCUT2D eigenvalue weighted by Gasteiger charge is -2.09. The molecule has 0 radical (unpaired) electrons. The molecule has 1 heterocycles. The number of rotatable bonds is 5. The Morgan fingerprint density at radius 1 is 1.40 bits per heavy atom. The van der Waals surface area contributed by atoms with Crippen molar-refractivity contribution in [3.8, 4) is 0 Å². The largest absolute Gasteiger partial charge is 0.293 e. The Bertz CT molecular complexity index is 323. The van der Waals surface area contributed by atoms with Gasteiger partial charge in [-0.05, 0) is 43.8 Å². The number of hydrogen-bond acceptors (Lipinski definition) is 2. The summed E-state index contributed by atoms with van der Waals surface area (Å²) < 4.78 is 1.97. The second-order valence-electron chi connectivity index (χ2n) is 3.54. The number of hydrogen-bond donors (Lipinski definition) is 0. The van der Waals surface area contributed by atoms with Gasteiger partial charge in [0.25, 0.3) is 0 Å². The quantitative estimate of drug-likeness (QED) is 0.658. The molecule has 1 aromatic heterocycles. The molecule has 0 unspecified atom stereocenters. The van der Waals surface area contributed by atoms with Gasteiger partial charge in [0.2, 0.25) is 0 Å². The van der Waals surface area contributed by atoms with E-state index in [1.54, 1.807) is 0 Å². The molecule has 0 bridgehead atoms. The molecule has 0 aliphatic carbocycles. The first-order valence-electron chi connectivity index (χ1n) is 5.06. The molecular formula is C11H14Br2OS. The number of thiophene rings is 1. The standard InChI is InChI=1S/C11H14Br2OS/c1-3-7(4-2)5-9(14)10-6-8(12)11(13)15-10/h6-7H,3-5H2,1-2H3. The minimum absolute atomic E-state index is 0.264.